The third-order valence-corrected chi connectivity index (χ3v) is 3.96. The highest BCUT2D eigenvalue weighted by molar-refractivity contribution is 7.80. The number of benzene rings is 1. The molecule has 0 saturated heterocycles. The third-order valence-electron chi connectivity index (χ3n) is 3.29. The molecule has 108 valence electrons. The van der Waals surface area contributed by atoms with Crippen molar-refractivity contribution < 1.29 is 0 Å². The summed E-state index contributed by atoms with van der Waals surface area (Å²) in [7, 11) is 0. The molecule has 0 aromatic heterocycles. The summed E-state index contributed by atoms with van der Waals surface area (Å²) >= 11 is 13.2. The molecule has 0 unspecified atom stereocenters. The van der Waals surface area contributed by atoms with Crippen LogP contribution in [0.4, 0.5) is 0 Å². The standard InChI is InChI=1S/C16H26S3/c1-12(2)9-16-11-14(4-7-18)13(3-6-17)10-15(16)5-8-19/h10-12,17-19H,3-9H2,1-2H3. The second-order valence-electron chi connectivity index (χ2n) is 5.41. The summed E-state index contributed by atoms with van der Waals surface area (Å²) in [5.41, 5.74) is 5.89. The van der Waals surface area contributed by atoms with E-state index in [4.69, 9.17) is 0 Å². The lowest BCUT2D eigenvalue weighted by atomic mass is 9.90. The Labute approximate surface area is 135 Å². The van der Waals surface area contributed by atoms with Gasteiger partial charge in [-0.2, -0.15) is 37.9 Å². The SMILES string of the molecule is CC(C)Cc1cc(CCS)c(CCS)cc1CCS. The Morgan fingerprint density at radius 1 is 0.737 bits per heavy atom. The fraction of sp³-hybridized carbons (Fsp3) is 0.625. The first-order valence-electron chi connectivity index (χ1n) is 7.08. The summed E-state index contributed by atoms with van der Waals surface area (Å²) < 4.78 is 0. The maximum absolute atomic E-state index is 4.40. The Balaban J connectivity index is 3.15. The Hall–Kier alpha value is 0.270. The quantitative estimate of drug-likeness (QED) is 0.585. The van der Waals surface area contributed by atoms with Gasteiger partial charge in [0.2, 0.25) is 0 Å². The van der Waals surface area contributed by atoms with Crippen molar-refractivity contribution >= 4 is 37.9 Å². The van der Waals surface area contributed by atoms with Crippen LogP contribution in [-0.2, 0) is 25.7 Å². The average Bonchev–Trinajstić information content (AvgIpc) is 2.34. The number of hydrogen-bond acceptors (Lipinski definition) is 3. The molecule has 0 saturated carbocycles. The highest BCUT2D eigenvalue weighted by atomic mass is 32.1. The molecular formula is C16H26S3. The van der Waals surface area contributed by atoms with Crippen molar-refractivity contribution in [1.82, 2.24) is 0 Å². The minimum atomic E-state index is 0.693. The average molecular weight is 315 g/mol. The molecule has 1 aromatic carbocycles. The van der Waals surface area contributed by atoms with Crippen LogP contribution < -0.4 is 0 Å². The van der Waals surface area contributed by atoms with Gasteiger partial charge in [-0.3, -0.25) is 0 Å². The molecule has 0 N–H and O–H groups in total. The number of rotatable bonds is 8. The van der Waals surface area contributed by atoms with Crippen molar-refractivity contribution in [1.29, 1.82) is 0 Å². The molecule has 1 aromatic rings. The lowest BCUT2D eigenvalue weighted by Gasteiger charge is -2.17. The highest BCUT2D eigenvalue weighted by Gasteiger charge is 2.10. The molecule has 0 radical (unpaired) electrons. The number of aryl methyl sites for hydroxylation is 3. The van der Waals surface area contributed by atoms with E-state index in [1.165, 1.54) is 22.3 Å². The first-order valence-corrected chi connectivity index (χ1v) is 8.98. The van der Waals surface area contributed by atoms with Crippen molar-refractivity contribution in [2.75, 3.05) is 17.3 Å². The predicted molar refractivity (Wildman–Crippen MR) is 97.7 cm³/mol. The smallest absolute Gasteiger partial charge is 0.00573 e. The Kier molecular flexibility index (Phi) is 8.43. The second kappa shape index (κ2) is 9.25. The zero-order valence-electron chi connectivity index (χ0n) is 12.0. The van der Waals surface area contributed by atoms with Gasteiger partial charge in [-0.15, -0.1) is 0 Å². The van der Waals surface area contributed by atoms with E-state index in [1.54, 1.807) is 0 Å². The first-order chi connectivity index (χ1) is 9.12. The van der Waals surface area contributed by atoms with Crippen LogP contribution in [-0.4, -0.2) is 17.3 Å². The van der Waals surface area contributed by atoms with E-state index in [2.05, 4.69) is 63.9 Å². The van der Waals surface area contributed by atoms with Crippen LogP contribution in [0, 0.1) is 5.92 Å². The van der Waals surface area contributed by atoms with Crippen LogP contribution in [0.15, 0.2) is 12.1 Å². The van der Waals surface area contributed by atoms with Gasteiger partial charge in [-0.05, 0) is 71.1 Å². The van der Waals surface area contributed by atoms with E-state index in [1.807, 2.05) is 0 Å². The molecule has 0 spiro atoms. The van der Waals surface area contributed by atoms with Crippen LogP contribution in [0.2, 0.25) is 0 Å². The van der Waals surface area contributed by atoms with Gasteiger partial charge in [0, 0.05) is 0 Å². The largest absolute Gasteiger partial charge is 0.179 e. The van der Waals surface area contributed by atoms with Gasteiger partial charge < -0.3 is 0 Å². The van der Waals surface area contributed by atoms with Gasteiger partial charge in [-0.1, -0.05) is 26.0 Å². The van der Waals surface area contributed by atoms with Crippen molar-refractivity contribution in [3.8, 4) is 0 Å². The summed E-state index contributed by atoms with van der Waals surface area (Å²) in [4.78, 5) is 0. The summed E-state index contributed by atoms with van der Waals surface area (Å²) in [6.45, 7) is 4.56. The van der Waals surface area contributed by atoms with Crippen molar-refractivity contribution in [3.05, 3.63) is 34.4 Å². The molecule has 3 heteroatoms. The minimum Gasteiger partial charge on any atom is -0.179 e. The van der Waals surface area contributed by atoms with E-state index in [9.17, 15) is 0 Å². The van der Waals surface area contributed by atoms with Crippen molar-refractivity contribution in [2.24, 2.45) is 5.92 Å². The normalized spacial score (nSPS) is 11.3. The zero-order chi connectivity index (χ0) is 14.3. The molecule has 0 bridgehead atoms. The Morgan fingerprint density at radius 2 is 1.11 bits per heavy atom. The van der Waals surface area contributed by atoms with E-state index in [0.717, 1.165) is 42.9 Å². The number of thiol groups is 3. The monoisotopic (exact) mass is 314 g/mol. The van der Waals surface area contributed by atoms with Gasteiger partial charge in [0.1, 0.15) is 0 Å². The molecule has 0 aliphatic carbocycles. The van der Waals surface area contributed by atoms with E-state index in [-0.39, 0.29) is 0 Å². The molecule has 0 aliphatic rings. The van der Waals surface area contributed by atoms with Crippen molar-refractivity contribution in [3.63, 3.8) is 0 Å². The third kappa shape index (κ3) is 5.65. The summed E-state index contributed by atoms with van der Waals surface area (Å²) in [5.74, 6) is 3.42. The maximum Gasteiger partial charge on any atom is -0.00573 e. The first kappa shape index (κ1) is 17.3. The Morgan fingerprint density at radius 3 is 1.47 bits per heavy atom. The zero-order valence-corrected chi connectivity index (χ0v) is 14.7. The van der Waals surface area contributed by atoms with Gasteiger partial charge in [0.15, 0.2) is 0 Å². The van der Waals surface area contributed by atoms with Gasteiger partial charge in [-0.25, -0.2) is 0 Å². The van der Waals surface area contributed by atoms with Crippen molar-refractivity contribution in [2.45, 2.75) is 39.5 Å². The molecule has 19 heavy (non-hydrogen) atoms. The molecule has 0 heterocycles. The molecular weight excluding hydrogens is 288 g/mol. The minimum absolute atomic E-state index is 0.693. The predicted octanol–water partition coefficient (Wildman–Crippen LogP) is 4.30. The molecule has 0 amide bonds. The van der Waals surface area contributed by atoms with E-state index < -0.39 is 0 Å². The van der Waals surface area contributed by atoms with Gasteiger partial charge >= 0.3 is 0 Å². The number of hydrogen-bond donors (Lipinski definition) is 3. The van der Waals surface area contributed by atoms with Crippen LogP contribution in [0.25, 0.3) is 0 Å². The van der Waals surface area contributed by atoms with Gasteiger partial charge in [0.25, 0.3) is 0 Å². The topological polar surface area (TPSA) is 0 Å². The van der Waals surface area contributed by atoms with E-state index in [0.29, 0.717) is 5.92 Å². The lowest BCUT2D eigenvalue weighted by molar-refractivity contribution is 0.642. The molecule has 0 fully saturated rings. The van der Waals surface area contributed by atoms with Crippen LogP contribution in [0.1, 0.15) is 36.1 Å². The van der Waals surface area contributed by atoms with Gasteiger partial charge in [0.05, 0.1) is 0 Å². The summed E-state index contributed by atoms with van der Waals surface area (Å²) in [6, 6.07) is 4.80. The maximum atomic E-state index is 4.40. The second-order valence-corrected chi connectivity index (χ2v) is 6.75. The molecule has 0 atom stereocenters. The summed E-state index contributed by atoms with van der Waals surface area (Å²) in [5, 5.41) is 0. The molecule has 1 rings (SSSR count). The van der Waals surface area contributed by atoms with Crippen LogP contribution >= 0.6 is 37.9 Å². The summed E-state index contributed by atoms with van der Waals surface area (Å²) in [6.07, 6.45) is 4.32. The lowest BCUT2D eigenvalue weighted by Crippen LogP contribution is -2.06. The fourth-order valence-electron chi connectivity index (χ4n) is 2.48. The van der Waals surface area contributed by atoms with Crippen LogP contribution in [0.5, 0.6) is 0 Å². The van der Waals surface area contributed by atoms with E-state index >= 15 is 0 Å². The molecule has 0 nitrogen and oxygen atoms in total. The fourth-order valence-corrected chi connectivity index (χ4v) is 3.20. The highest BCUT2D eigenvalue weighted by Crippen LogP contribution is 2.23. The molecule has 0 aliphatic heterocycles. The Bertz CT molecular complexity index is 386. The van der Waals surface area contributed by atoms with Crippen LogP contribution in [0.3, 0.4) is 0 Å².